The normalized spacial score (nSPS) is 21.7. The first kappa shape index (κ1) is 13.4. The molecule has 4 nitrogen and oxygen atoms in total. The maximum absolute atomic E-state index is 11.7. The minimum Gasteiger partial charge on any atom is -0.481 e. The summed E-state index contributed by atoms with van der Waals surface area (Å²) < 4.78 is 0. The fourth-order valence-corrected chi connectivity index (χ4v) is 2.97. The monoisotopic (exact) mass is 245 g/mol. The number of thioether (sulfide) groups is 1. The first-order chi connectivity index (χ1) is 7.65. The summed E-state index contributed by atoms with van der Waals surface area (Å²) in [5.74, 6) is -0.221. The lowest BCUT2D eigenvalue weighted by Crippen LogP contribution is -2.37. The summed E-state index contributed by atoms with van der Waals surface area (Å²) in [6.07, 6.45) is 3.44. The zero-order chi connectivity index (χ0) is 12.0. The number of nitrogens with one attached hydrogen (secondary N) is 1. The second-order valence-electron chi connectivity index (χ2n) is 4.07. The summed E-state index contributed by atoms with van der Waals surface area (Å²) in [7, 11) is 0. The van der Waals surface area contributed by atoms with Crippen LogP contribution in [0, 0.1) is 5.92 Å². The molecule has 0 aromatic heterocycles. The summed E-state index contributed by atoms with van der Waals surface area (Å²) in [4.78, 5) is 22.5. The fraction of sp³-hybridized carbons (Fsp3) is 0.818. The van der Waals surface area contributed by atoms with Crippen LogP contribution in [0.1, 0.15) is 32.6 Å². The number of carboxylic acid groups (broad SMARTS) is 1. The molecule has 2 N–H and O–H groups in total. The third-order valence-electron chi connectivity index (χ3n) is 2.73. The Morgan fingerprint density at radius 1 is 1.56 bits per heavy atom. The molecule has 0 aromatic carbocycles. The molecule has 1 aliphatic rings. The Bertz CT molecular complexity index is 252. The standard InChI is InChI=1S/C11H19NO3S/c1-2-4-8(11(14)15)7-12-10(13)9-5-3-6-16-9/h8-9H,2-7H2,1H3,(H,12,13)(H,14,15). The van der Waals surface area contributed by atoms with E-state index in [-0.39, 0.29) is 17.7 Å². The number of aliphatic carboxylic acids is 1. The Labute approximate surface area is 100 Å². The van der Waals surface area contributed by atoms with Crippen molar-refractivity contribution in [3.63, 3.8) is 0 Å². The quantitative estimate of drug-likeness (QED) is 0.744. The third kappa shape index (κ3) is 4.04. The number of carbonyl (C=O) groups excluding carboxylic acids is 1. The molecule has 1 aliphatic heterocycles. The molecule has 0 aliphatic carbocycles. The highest BCUT2D eigenvalue weighted by atomic mass is 32.2. The van der Waals surface area contributed by atoms with Gasteiger partial charge in [0.1, 0.15) is 0 Å². The molecule has 16 heavy (non-hydrogen) atoms. The molecular weight excluding hydrogens is 226 g/mol. The van der Waals surface area contributed by atoms with Crippen molar-refractivity contribution >= 4 is 23.6 Å². The molecule has 1 saturated heterocycles. The van der Waals surface area contributed by atoms with Crippen LogP contribution in [0.25, 0.3) is 0 Å². The van der Waals surface area contributed by atoms with Crippen LogP contribution in [-0.4, -0.2) is 34.5 Å². The van der Waals surface area contributed by atoms with E-state index >= 15 is 0 Å². The van der Waals surface area contributed by atoms with Gasteiger partial charge in [0.25, 0.3) is 0 Å². The summed E-state index contributed by atoms with van der Waals surface area (Å²) in [6.45, 7) is 2.21. The molecule has 2 atom stereocenters. The maximum Gasteiger partial charge on any atom is 0.308 e. The van der Waals surface area contributed by atoms with Gasteiger partial charge in [-0.15, -0.1) is 11.8 Å². The lowest BCUT2D eigenvalue weighted by molar-refractivity contribution is -0.141. The predicted octanol–water partition coefficient (Wildman–Crippen LogP) is 1.50. The highest BCUT2D eigenvalue weighted by Gasteiger charge is 2.24. The molecule has 1 amide bonds. The molecule has 1 rings (SSSR count). The van der Waals surface area contributed by atoms with E-state index in [1.54, 1.807) is 11.8 Å². The van der Waals surface area contributed by atoms with E-state index in [2.05, 4.69) is 5.32 Å². The molecule has 0 saturated carbocycles. The molecule has 0 radical (unpaired) electrons. The zero-order valence-corrected chi connectivity index (χ0v) is 10.4. The van der Waals surface area contributed by atoms with Gasteiger partial charge in [0.05, 0.1) is 11.2 Å². The Morgan fingerprint density at radius 3 is 2.81 bits per heavy atom. The minimum atomic E-state index is -0.818. The van der Waals surface area contributed by atoms with E-state index < -0.39 is 11.9 Å². The lowest BCUT2D eigenvalue weighted by atomic mass is 10.0. The number of hydrogen-bond donors (Lipinski definition) is 2. The SMILES string of the molecule is CCCC(CNC(=O)C1CCCS1)C(=O)O. The van der Waals surface area contributed by atoms with Crippen molar-refractivity contribution in [1.82, 2.24) is 5.32 Å². The van der Waals surface area contributed by atoms with Gasteiger partial charge in [0, 0.05) is 6.54 Å². The maximum atomic E-state index is 11.7. The first-order valence-corrected chi connectivity index (χ1v) is 6.82. The number of carboxylic acids is 1. The van der Waals surface area contributed by atoms with Gasteiger partial charge < -0.3 is 10.4 Å². The van der Waals surface area contributed by atoms with Crippen LogP contribution in [0.4, 0.5) is 0 Å². The van der Waals surface area contributed by atoms with E-state index in [1.165, 1.54) is 0 Å². The zero-order valence-electron chi connectivity index (χ0n) is 9.57. The van der Waals surface area contributed by atoms with E-state index in [1.807, 2.05) is 6.92 Å². The molecule has 1 heterocycles. The van der Waals surface area contributed by atoms with Crippen molar-refractivity contribution in [3.05, 3.63) is 0 Å². The molecule has 0 aromatic rings. The lowest BCUT2D eigenvalue weighted by Gasteiger charge is -2.14. The molecular formula is C11H19NO3S. The number of hydrogen-bond acceptors (Lipinski definition) is 3. The van der Waals surface area contributed by atoms with E-state index in [4.69, 9.17) is 5.11 Å². The highest BCUT2D eigenvalue weighted by Crippen LogP contribution is 2.26. The van der Waals surface area contributed by atoms with Gasteiger partial charge in [0.2, 0.25) is 5.91 Å². The molecule has 0 spiro atoms. The van der Waals surface area contributed by atoms with Crippen LogP contribution >= 0.6 is 11.8 Å². The number of carbonyl (C=O) groups is 2. The Balaban J connectivity index is 2.30. The second-order valence-corrected chi connectivity index (χ2v) is 5.38. The van der Waals surface area contributed by atoms with Crippen molar-refractivity contribution in [1.29, 1.82) is 0 Å². The molecule has 1 fully saturated rings. The van der Waals surface area contributed by atoms with Gasteiger partial charge in [-0.25, -0.2) is 0 Å². The van der Waals surface area contributed by atoms with Gasteiger partial charge in [-0.1, -0.05) is 13.3 Å². The third-order valence-corrected chi connectivity index (χ3v) is 4.11. The largest absolute Gasteiger partial charge is 0.481 e. The average molecular weight is 245 g/mol. The summed E-state index contributed by atoms with van der Waals surface area (Å²) in [6, 6.07) is 0. The Kier molecular flexibility index (Phi) is 5.66. The van der Waals surface area contributed by atoms with Crippen molar-refractivity contribution in [2.45, 2.75) is 37.9 Å². The molecule has 5 heteroatoms. The van der Waals surface area contributed by atoms with Crippen molar-refractivity contribution in [2.75, 3.05) is 12.3 Å². The van der Waals surface area contributed by atoms with Crippen molar-refractivity contribution in [3.8, 4) is 0 Å². The number of rotatable bonds is 6. The number of amides is 1. The van der Waals surface area contributed by atoms with Crippen LogP contribution < -0.4 is 5.32 Å². The van der Waals surface area contributed by atoms with Gasteiger partial charge >= 0.3 is 5.97 Å². The van der Waals surface area contributed by atoms with Crippen molar-refractivity contribution in [2.24, 2.45) is 5.92 Å². The van der Waals surface area contributed by atoms with E-state index in [0.717, 1.165) is 25.0 Å². The van der Waals surface area contributed by atoms with Gasteiger partial charge in [-0.2, -0.15) is 0 Å². The Hall–Kier alpha value is -0.710. The topological polar surface area (TPSA) is 66.4 Å². The molecule has 0 bridgehead atoms. The smallest absolute Gasteiger partial charge is 0.308 e. The summed E-state index contributed by atoms with van der Waals surface area (Å²) in [5.41, 5.74) is 0. The van der Waals surface area contributed by atoms with E-state index in [0.29, 0.717) is 6.42 Å². The molecule has 2 unspecified atom stereocenters. The fourth-order valence-electron chi connectivity index (χ4n) is 1.78. The summed E-state index contributed by atoms with van der Waals surface area (Å²) in [5, 5.41) is 11.7. The van der Waals surface area contributed by atoms with Gasteiger partial charge in [0.15, 0.2) is 0 Å². The van der Waals surface area contributed by atoms with Crippen LogP contribution in [0.15, 0.2) is 0 Å². The van der Waals surface area contributed by atoms with Crippen molar-refractivity contribution < 1.29 is 14.7 Å². The van der Waals surface area contributed by atoms with Crippen LogP contribution in [-0.2, 0) is 9.59 Å². The van der Waals surface area contributed by atoms with Gasteiger partial charge in [-0.05, 0) is 25.0 Å². The van der Waals surface area contributed by atoms with Gasteiger partial charge in [-0.3, -0.25) is 9.59 Å². The highest BCUT2D eigenvalue weighted by molar-refractivity contribution is 8.00. The van der Waals surface area contributed by atoms with Crippen LogP contribution in [0.5, 0.6) is 0 Å². The first-order valence-electron chi connectivity index (χ1n) is 5.77. The predicted molar refractivity (Wildman–Crippen MR) is 64.5 cm³/mol. The summed E-state index contributed by atoms with van der Waals surface area (Å²) >= 11 is 1.66. The Morgan fingerprint density at radius 2 is 2.31 bits per heavy atom. The van der Waals surface area contributed by atoms with Crippen LogP contribution in [0.3, 0.4) is 0 Å². The van der Waals surface area contributed by atoms with Crippen LogP contribution in [0.2, 0.25) is 0 Å². The molecule has 92 valence electrons. The second kappa shape index (κ2) is 6.78. The van der Waals surface area contributed by atoms with E-state index in [9.17, 15) is 9.59 Å². The average Bonchev–Trinajstić information content (AvgIpc) is 2.76. The minimum absolute atomic E-state index is 0.00449.